The summed E-state index contributed by atoms with van der Waals surface area (Å²) in [6.45, 7) is 2.16. The maximum absolute atomic E-state index is 15.1. The lowest BCUT2D eigenvalue weighted by Crippen LogP contribution is -2.53. The number of hydrazine groups is 1. The molecule has 6 atom stereocenters. The molecule has 2 saturated heterocycles. The number of aryl methyl sites for hydroxylation is 1. The third-order valence-electron chi connectivity index (χ3n) is 10.9. The molecule has 2 aliphatic heterocycles. The molecular weight excluding hydrogens is 602 g/mol. The third-order valence-corrected chi connectivity index (χ3v) is 10.9. The van der Waals surface area contributed by atoms with Gasteiger partial charge in [0.2, 0.25) is 11.8 Å². The van der Waals surface area contributed by atoms with E-state index in [0.717, 1.165) is 27.3 Å². The van der Waals surface area contributed by atoms with Crippen molar-refractivity contribution in [3.63, 3.8) is 0 Å². The number of anilines is 1. The van der Waals surface area contributed by atoms with E-state index in [1.807, 2.05) is 91.9 Å². The molecule has 8 rings (SSSR count). The number of carbonyl (C=O) groups excluding carboxylic acids is 4. The van der Waals surface area contributed by atoms with Crippen LogP contribution in [-0.4, -0.2) is 38.6 Å². The number of rotatable bonds is 6. The van der Waals surface area contributed by atoms with Gasteiger partial charge in [-0.25, -0.2) is 0 Å². The Hall–Kier alpha value is -5.50. The molecular formula is C40H35N3O5. The van der Waals surface area contributed by atoms with E-state index in [2.05, 4.69) is 11.5 Å². The van der Waals surface area contributed by atoms with Gasteiger partial charge in [0.1, 0.15) is 5.75 Å². The first-order valence-electron chi connectivity index (χ1n) is 16.4. The number of benzene rings is 4. The maximum atomic E-state index is 15.1. The number of carbonyl (C=O) groups is 4. The number of hydrogen-bond donors (Lipinski definition) is 2. The fourth-order valence-electron chi connectivity index (χ4n) is 8.78. The highest BCUT2D eigenvalue weighted by molar-refractivity contribution is 6.13. The first kappa shape index (κ1) is 29.9. The second-order valence-electron chi connectivity index (χ2n) is 13.4. The van der Waals surface area contributed by atoms with Gasteiger partial charge in [-0.2, -0.15) is 5.01 Å². The Labute approximate surface area is 278 Å². The van der Waals surface area contributed by atoms with Crippen molar-refractivity contribution < 1.29 is 24.3 Å². The van der Waals surface area contributed by atoms with Crippen LogP contribution in [0.5, 0.6) is 5.75 Å². The van der Waals surface area contributed by atoms with Crippen LogP contribution in [0, 0.1) is 30.6 Å². The number of aromatic hydroxyl groups is 1. The summed E-state index contributed by atoms with van der Waals surface area (Å²) in [6.07, 6.45) is 2.66. The average Bonchev–Trinajstić information content (AvgIpc) is 3.47. The minimum atomic E-state index is -1.34. The number of phenols is 1. The van der Waals surface area contributed by atoms with Crippen molar-refractivity contribution in [2.45, 2.75) is 37.6 Å². The van der Waals surface area contributed by atoms with E-state index in [1.165, 1.54) is 4.90 Å². The van der Waals surface area contributed by atoms with Gasteiger partial charge in [0.05, 0.1) is 35.4 Å². The third kappa shape index (κ3) is 4.43. The van der Waals surface area contributed by atoms with Crippen molar-refractivity contribution in [3.8, 4) is 5.75 Å². The average molecular weight is 638 g/mol. The molecule has 0 radical (unpaired) electrons. The van der Waals surface area contributed by atoms with Gasteiger partial charge < -0.3 is 5.11 Å². The van der Waals surface area contributed by atoms with Crippen LogP contribution in [0.2, 0.25) is 0 Å². The van der Waals surface area contributed by atoms with Crippen LogP contribution in [0.15, 0.2) is 121 Å². The Balaban J connectivity index is 1.28. The molecule has 2 aliphatic carbocycles. The first-order chi connectivity index (χ1) is 23.3. The van der Waals surface area contributed by atoms with E-state index >= 15 is 4.79 Å². The number of amides is 4. The van der Waals surface area contributed by atoms with E-state index in [1.54, 1.807) is 24.3 Å². The summed E-state index contributed by atoms with van der Waals surface area (Å²) in [6, 6.07) is 33.2. The molecule has 240 valence electrons. The maximum Gasteiger partial charge on any atom is 0.260 e. The van der Waals surface area contributed by atoms with E-state index in [0.29, 0.717) is 17.7 Å². The molecule has 8 nitrogen and oxygen atoms in total. The Bertz CT molecular complexity index is 1960. The van der Waals surface area contributed by atoms with Crippen molar-refractivity contribution in [1.29, 1.82) is 0 Å². The Morgan fingerprint density at radius 1 is 0.771 bits per heavy atom. The van der Waals surface area contributed by atoms with Crippen LogP contribution < -0.4 is 5.43 Å². The molecule has 1 saturated carbocycles. The zero-order valence-electron chi connectivity index (χ0n) is 26.5. The zero-order valence-corrected chi connectivity index (χ0v) is 26.5. The number of hydrogen-bond acceptors (Lipinski definition) is 6. The van der Waals surface area contributed by atoms with Crippen LogP contribution >= 0.6 is 0 Å². The molecule has 48 heavy (non-hydrogen) atoms. The molecule has 4 amide bonds. The molecule has 3 fully saturated rings. The van der Waals surface area contributed by atoms with Crippen LogP contribution in [0.1, 0.15) is 41.0 Å². The van der Waals surface area contributed by atoms with Gasteiger partial charge in [0, 0.05) is 5.92 Å². The second kappa shape index (κ2) is 11.3. The minimum absolute atomic E-state index is 0.0821. The molecule has 2 N–H and O–H groups in total. The van der Waals surface area contributed by atoms with Crippen LogP contribution in [0.4, 0.5) is 5.69 Å². The molecule has 0 bridgehead atoms. The largest absolute Gasteiger partial charge is 0.508 e. The summed E-state index contributed by atoms with van der Waals surface area (Å²) in [7, 11) is 0. The lowest BCUT2D eigenvalue weighted by Gasteiger charge is -2.50. The Morgan fingerprint density at radius 3 is 2.12 bits per heavy atom. The normalized spacial score (nSPS) is 27.8. The molecule has 4 aromatic rings. The van der Waals surface area contributed by atoms with E-state index in [-0.39, 0.29) is 42.3 Å². The summed E-state index contributed by atoms with van der Waals surface area (Å²) in [5.74, 6) is -4.14. The fraction of sp³-hybridized carbons (Fsp3) is 0.250. The quantitative estimate of drug-likeness (QED) is 0.202. The summed E-state index contributed by atoms with van der Waals surface area (Å²) in [4.78, 5) is 59.3. The number of allylic oxidation sites excluding steroid dienone is 2. The van der Waals surface area contributed by atoms with Gasteiger partial charge in [0.15, 0.2) is 0 Å². The van der Waals surface area contributed by atoms with Crippen molar-refractivity contribution in [3.05, 3.63) is 143 Å². The van der Waals surface area contributed by atoms with Crippen molar-refractivity contribution >= 4 is 29.3 Å². The Morgan fingerprint density at radius 2 is 1.44 bits per heavy atom. The van der Waals surface area contributed by atoms with Crippen molar-refractivity contribution in [2.75, 3.05) is 5.43 Å². The van der Waals surface area contributed by atoms with Gasteiger partial charge in [-0.05, 0) is 66.6 Å². The SMILES string of the molecule is Cc1ccc(NN2C(=O)[C@@H]3C[C@@H]4C(=CC[C@@H]5C(=O)N(Cc6ccccc6)C(=O)[C@@H]54)[C@H](c4ccc(O)cc4)[C@]3(c3ccccc3)C2=O)cc1. The predicted molar refractivity (Wildman–Crippen MR) is 179 cm³/mol. The lowest BCUT2D eigenvalue weighted by atomic mass is 9.49. The number of imide groups is 2. The number of fused-ring (bicyclic) bond motifs is 4. The summed E-state index contributed by atoms with van der Waals surface area (Å²) in [5, 5.41) is 11.4. The number of likely N-dealkylation sites (tertiary alicyclic amines) is 1. The topological polar surface area (TPSA) is 107 Å². The molecule has 4 aromatic carbocycles. The van der Waals surface area contributed by atoms with Gasteiger partial charge in [-0.3, -0.25) is 29.5 Å². The smallest absolute Gasteiger partial charge is 0.260 e. The monoisotopic (exact) mass is 637 g/mol. The first-order valence-corrected chi connectivity index (χ1v) is 16.4. The van der Waals surface area contributed by atoms with E-state index < -0.39 is 35.0 Å². The van der Waals surface area contributed by atoms with Gasteiger partial charge in [-0.15, -0.1) is 0 Å². The highest BCUT2D eigenvalue weighted by atomic mass is 16.3. The number of nitrogens with zero attached hydrogens (tertiary/aromatic N) is 2. The number of nitrogens with one attached hydrogen (secondary N) is 1. The molecule has 2 heterocycles. The molecule has 0 unspecified atom stereocenters. The van der Waals surface area contributed by atoms with Crippen molar-refractivity contribution in [2.24, 2.45) is 23.7 Å². The highest BCUT2D eigenvalue weighted by Gasteiger charge is 2.70. The molecule has 0 spiro atoms. The predicted octanol–water partition coefficient (Wildman–Crippen LogP) is 5.89. The molecule has 0 aromatic heterocycles. The Kier molecular flexibility index (Phi) is 7.05. The fourth-order valence-corrected chi connectivity index (χ4v) is 8.78. The van der Waals surface area contributed by atoms with E-state index in [4.69, 9.17) is 0 Å². The summed E-state index contributed by atoms with van der Waals surface area (Å²) < 4.78 is 0. The van der Waals surface area contributed by atoms with Gasteiger partial charge in [-0.1, -0.05) is 102 Å². The lowest BCUT2D eigenvalue weighted by molar-refractivity contribution is -0.142. The van der Waals surface area contributed by atoms with Crippen LogP contribution in [-0.2, 0) is 31.1 Å². The van der Waals surface area contributed by atoms with E-state index in [9.17, 15) is 19.5 Å². The van der Waals surface area contributed by atoms with Crippen LogP contribution in [0.25, 0.3) is 0 Å². The van der Waals surface area contributed by atoms with Gasteiger partial charge in [0.25, 0.3) is 11.8 Å². The molecule has 4 aliphatic rings. The van der Waals surface area contributed by atoms with Gasteiger partial charge >= 0.3 is 0 Å². The summed E-state index contributed by atoms with van der Waals surface area (Å²) >= 11 is 0. The molecule has 8 heteroatoms. The second-order valence-corrected chi connectivity index (χ2v) is 13.4. The van der Waals surface area contributed by atoms with Crippen molar-refractivity contribution in [1.82, 2.24) is 9.91 Å². The standard InChI is InChI=1S/C40H35N3O5/c1-24-12-16-28(17-13-24)41-43-37(46)33-22-32-30(20-21-31-34(32)38(47)42(36(31)45)23-25-8-4-2-5-9-25)35(26-14-18-29(44)19-15-26)40(33,39(43)48)27-10-6-3-7-11-27/h2-20,31-35,41,44H,21-23H2,1H3/t31-,32+,33-,34-,35-,40+/m0/s1. The zero-order chi connectivity index (χ0) is 33.2. The highest BCUT2D eigenvalue weighted by Crippen LogP contribution is 2.64. The minimum Gasteiger partial charge on any atom is -0.508 e. The van der Waals surface area contributed by atoms with Crippen LogP contribution in [0.3, 0.4) is 0 Å². The number of phenolic OH excluding ortho intramolecular Hbond substituents is 1. The summed E-state index contributed by atoms with van der Waals surface area (Å²) in [5.41, 5.74) is 6.67.